The molecule has 0 bridgehead atoms. The maximum atomic E-state index is 13.0. The quantitative estimate of drug-likeness (QED) is 0.149. The van der Waals surface area contributed by atoms with Crippen molar-refractivity contribution in [1.82, 2.24) is 11.0 Å². The molecule has 1 atom stereocenters. The monoisotopic (exact) mass is 467 g/mol. The van der Waals surface area contributed by atoms with E-state index in [-0.39, 0.29) is 10.6 Å². The summed E-state index contributed by atoms with van der Waals surface area (Å²) in [6, 6.07) is 18.1. The summed E-state index contributed by atoms with van der Waals surface area (Å²) < 4.78 is 28.5. The van der Waals surface area contributed by atoms with Crippen LogP contribution in [0.25, 0.3) is 10.8 Å². The van der Waals surface area contributed by atoms with Crippen LogP contribution in [-0.2, 0) is 19.6 Å². The van der Waals surface area contributed by atoms with Crippen molar-refractivity contribution >= 4 is 38.3 Å². The number of amides is 2. The number of carbonyl (C=O) groups is 2. The van der Waals surface area contributed by atoms with Gasteiger partial charge in [-0.2, -0.15) is 0 Å². The number of sulfonamides is 1. The van der Waals surface area contributed by atoms with Gasteiger partial charge in [-0.3, -0.25) is 24.7 Å². The number of benzene rings is 3. The molecule has 0 aliphatic rings. The number of allylic oxidation sites excluding steroid dienone is 2. The molecule has 3 aromatic carbocycles. The maximum absolute atomic E-state index is 13.0. The Morgan fingerprint density at radius 2 is 1.55 bits per heavy atom. The summed E-state index contributed by atoms with van der Waals surface area (Å²) in [6.45, 7) is 0. The Labute approximate surface area is 190 Å². The molecule has 9 nitrogen and oxygen atoms in total. The number of hydrogen-bond donors (Lipinski definition) is 5. The summed E-state index contributed by atoms with van der Waals surface area (Å²) in [7, 11) is -3.97. The molecule has 0 aliphatic carbocycles. The minimum absolute atomic E-state index is 0.0424. The van der Waals surface area contributed by atoms with Crippen LogP contribution in [0.2, 0.25) is 0 Å². The van der Waals surface area contributed by atoms with E-state index in [0.717, 1.165) is 11.5 Å². The van der Waals surface area contributed by atoms with Crippen molar-refractivity contribution in [1.29, 1.82) is 0 Å². The molecule has 33 heavy (non-hydrogen) atoms. The van der Waals surface area contributed by atoms with E-state index in [9.17, 15) is 23.2 Å². The van der Waals surface area contributed by atoms with Crippen LogP contribution in [-0.4, -0.2) is 30.6 Å². The summed E-state index contributed by atoms with van der Waals surface area (Å²) in [6.07, 6.45) is 5.05. The summed E-state index contributed by atoms with van der Waals surface area (Å²) in [5.41, 5.74) is 3.49. The Morgan fingerprint density at radius 3 is 2.24 bits per heavy atom. The zero-order chi connectivity index (χ0) is 23.8. The van der Waals surface area contributed by atoms with E-state index in [4.69, 9.17) is 5.21 Å². The molecular weight excluding hydrogens is 446 g/mol. The van der Waals surface area contributed by atoms with Crippen molar-refractivity contribution in [3.05, 3.63) is 96.6 Å². The van der Waals surface area contributed by atoms with E-state index in [1.807, 2.05) is 0 Å². The largest absolute Gasteiger partial charge is 0.289 e. The molecule has 2 amide bonds. The van der Waals surface area contributed by atoms with E-state index in [0.29, 0.717) is 10.9 Å². The minimum Gasteiger partial charge on any atom is -0.289 e. The number of rotatable bonds is 8. The van der Waals surface area contributed by atoms with Crippen LogP contribution in [0.5, 0.6) is 0 Å². The predicted molar refractivity (Wildman–Crippen MR) is 122 cm³/mol. The number of fused-ring (bicyclic) bond motifs is 1. The Morgan fingerprint density at radius 1 is 0.848 bits per heavy atom. The van der Waals surface area contributed by atoms with Crippen LogP contribution >= 0.6 is 0 Å². The van der Waals surface area contributed by atoms with Crippen LogP contribution in [0.1, 0.15) is 11.5 Å². The van der Waals surface area contributed by atoms with Crippen molar-refractivity contribution in [3.8, 4) is 0 Å². The van der Waals surface area contributed by atoms with Gasteiger partial charge in [0, 0.05) is 11.6 Å². The Bertz CT molecular complexity index is 1320. The molecule has 0 saturated carbocycles. The Kier molecular flexibility index (Phi) is 7.57. The van der Waals surface area contributed by atoms with Crippen molar-refractivity contribution in [3.63, 3.8) is 0 Å². The molecule has 0 heterocycles. The molecule has 0 aromatic heterocycles. The lowest BCUT2D eigenvalue weighted by Crippen LogP contribution is -2.26. The molecule has 1 unspecified atom stereocenters. The Balaban J connectivity index is 2.15. The number of hydroxylamine groups is 2. The SMILES string of the molecule is O=C(/C=C/C=C/C(C(=O)NO)c1c(NS(=O)(=O)c2ccccc2)ccc2ccccc12)NO. The third-order valence-corrected chi connectivity index (χ3v) is 6.13. The molecule has 0 radical (unpaired) electrons. The van der Waals surface area contributed by atoms with Gasteiger partial charge >= 0.3 is 0 Å². The van der Waals surface area contributed by atoms with Gasteiger partial charge in [0.1, 0.15) is 0 Å². The van der Waals surface area contributed by atoms with E-state index in [2.05, 4.69) is 4.72 Å². The van der Waals surface area contributed by atoms with Crippen molar-refractivity contribution in [2.24, 2.45) is 0 Å². The fourth-order valence-electron chi connectivity index (χ4n) is 3.26. The predicted octanol–water partition coefficient (Wildman–Crippen LogP) is 2.85. The summed E-state index contributed by atoms with van der Waals surface area (Å²) >= 11 is 0. The first kappa shape index (κ1) is 23.7. The highest BCUT2D eigenvalue weighted by Gasteiger charge is 2.25. The fraction of sp³-hybridized carbons (Fsp3) is 0.0435. The first-order valence-corrected chi connectivity index (χ1v) is 11.2. The second kappa shape index (κ2) is 10.6. The topological polar surface area (TPSA) is 145 Å². The van der Waals surface area contributed by atoms with E-state index >= 15 is 0 Å². The zero-order valence-corrected chi connectivity index (χ0v) is 18.0. The second-order valence-electron chi connectivity index (χ2n) is 6.84. The van der Waals surface area contributed by atoms with Gasteiger partial charge in [-0.05, 0) is 29.0 Å². The maximum Gasteiger partial charge on any atom is 0.267 e. The molecule has 170 valence electrons. The standard InChI is InChI=1S/C23H21N3O6S/c27-21(24-29)13-7-6-12-19(23(28)25-30)22-18-11-5-4-8-16(18)14-15-20(22)26-33(31,32)17-9-2-1-3-10-17/h1-15,19,26,29-30H,(H,24,27)(H,25,28)/b12-6+,13-7+. The van der Waals surface area contributed by atoms with Crippen LogP contribution in [0.3, 0.4) is 0 Å². The fourth-order valence-corrected chi connectivity index (χ4v) is 4.36. The number of hydrogen-bond acceptors (Lipinski definition) is 6. The normalized spacial score (nSPS) is 12.7. The lowest BCUT2D eigenvalue weighted by molar-refractivity contribution is -0.129. The number of nitrogens with one attached hydrogen (secondary N) is 3. The zero-order valence-electron chi connectivity index (χ0n) is 17.2. The van der Waals surface area contributed by atoms with E-state index in [1.54, 1.807) is 60.1 Å². The summed E-state index contributed by atoms with van der Waals surface area (Å²) in [4.78, 5) is 23.8. The van der Waals surface area contributed by atoms with Gasteiger partial charge in [0.15, 0.2) is 0 Å². The lowest BCUT2D eigenvalue weighted by Gasteiger charge is -2.20. The Hall–Kier alpha value is -3.99. The van der Waals surface area contributed by atoms with Crippen molar-refractivity contribution in [2.45, 2.75) is 10.8 Å². The molecular formula is C23H21N3O6S. The third kappa shape index (κ3) is 5.63. The molecule has 0 aliphatic heterocycles. The highest BCUT2D eigenvalue weighted by atomic mass is 32.2. The summed E-state index contributed by atoms with van der Waals surface area (Å²) in [5.74, 6) is -2.72. The van der Waals surface area contributed by atoms with Gasteiger partial charge in [0.05, 0.1) is 16.5 Å². The number of carbonyl (C=O) groups excluding carboxylic acids is 2. The molecule has 0 saturated heterocycles. The average molecular weight is 468 g/mol. The van der Waals surface area contributed by atoms with Gasteiger partial charge in [-0.25, -0.2) is 19.4 Å². The smallest absolute Gasteiger partial charge is 0.267 e. The van der Waals surface area contributed by atoms with E-state index in [1.165, 1.54) is 35.8 Å². The molecule has 3 aromatic rings. The molecule has 5 N–H and O–H groups in total. The molecule has 10 heteroatoms. The van der Waals surface area contributed by atoms with Gasteiger partial charge in [-0.15, -0.1) is 0 Å². The van der Waals surface area contributed by atoms with Crippen molar-refractivity contribution in [2.75, 3.05) is 4.72 Å². The highest BCUT2D eigenvalue weighted by molar-refractivity contribution is 7.92. The lowest BCUT2D eigenvalue weighted by atomic mass is 9.91. The van der Waals surface area contributed by atoms with Crippen LogP contribution < -0.4 is 15.7 Å². The molecule has 0 spiro atoms. The first-order chi connectivity index (χ1) is 15.9. The van der Waals surface area contributed by atoms with Gasteiger partial charge < -0.3 is 0 Å². The molecule has 0 fully saturated rings. The van der Waals surface area contributed by atoms with Crippen LogP contribution in [0.4, 0.5) is 5.69 Å². The number of anilines is 1. The van der Waals surface area contributed by atoms with Gasteiger partial charge in [0.25, 0.3) is 21.8 Å². The van der Waals surface area contributed by atoms with E-state index < -0.39 is 27.8 Å². The van der Waals surface area contributed by atoms with Gasteiger partial charge in [-0.1, -0.05) is 66.8 Å². The van der Waals surface area contributed by atoms with Gasteiger partial charge in [0.2, 0.25) is 0 Å². The average Bonchev–Trinajstić information content (AvgIpc) is 2.84. The first-order valence-electron chi connectivity index (χ1n) is 9.70. The minimum atomic E-state index is -3.97. The third-order valence-electron chi connectivity index (χ3n) is 4.74. The van der Waals surface area contributed by atoms with Crippen LogP contribution in [0.15, 0.2) is 95.9 Å². The summed E-state index contributed by atoms with van der Waals surface area (Å²) in [5, 5.41) is 19.2. The van der Waals surface area contributed by atoms with Crippen molar-refractivity contribution < 1.29 is 28.4 Å². The highest BCUT2D eigenvalue weighted by Crippen LogP contribution is 2.35. The second-order valence-corrected chi connectivity index (χ2v) is 8.52. The van der Waals surface area contributed by atoms with Crippen LogP contribution in [0, 0.1) is 0 Å². The molecule has 3 rings (SSSR count).